The van der Waals surface area contributed by atoms with Crippen molar-refractivity contribution in [3.8, 4) is 44.9 Å². The topological polar surface area (TPSA) is 18.5 Å². The third-order valence-electron chi connectivity index (χ3n) is 8.10. The molecule has 0 aliphatic carbocycles. The van der Waals surface area contributed by atoms with Crippen LogP contribution >= 0.6 is 0 Å². The summed E-state index contributed by atoms with van der Waals surface area (Å²) in [6.45, 7) is 4.37. The van der Waals surface area contributed by atoms with E-state index in [2.05, 4.69) is 11.7 Å². The Morgan fingerprint density at radius 1 is 0.542 bits per heavy atom. The van der Waals surface area contributed by atoms with Gasteiger partial charge >= 0.3 is 6.11 Å². The van der Waals surface area contributed by atoms with Gasteiger partial charge in [-0.15, -0.1) is 0 Å². The molecule has 0 saturated heterocycles. The van der Waals surface area contributed by atoms with Gasteiger partial charge in [0.2, 0.25) is 0 Å². The van der Waals surface area contributed by atoms with Gasteiger partial charge in [-0.1, -0.05) is 87.7 Å². The van der Waals surface area contributed by atoms with Crippen molar-refractivity contribution >= 4 is 0 Å². The van der Waals surface area contributed by atoms with Gasteiger partial charge in [0.1, 0.15) is 23.2 Å². The van der Waals surface area contributed by atoms with Gasteiger partial charge in [-0.3, -0.25) is 0 Å². The minimum Gasteiger partial charge on any atom is -0.491 e. The molecule has 48 heavy (non-hydrogen) atoms. The molecule has 5 rings (SSSR count). The Balaban J connectivity index is 1.30. The van der Waals surface area contributed by atoms with Crippen LogP contribution in [-0.2, 0) is 12.5 Å². The lowest BCUT2D eigenvalue weighted by Gasteiger charge is -2.20. The van der Waals surface area contributed by atoms with Crippen LogP contribution in [0.4, 0.5) is 26.3 Å². The van der Waals surface area contributed by atoms with Crippen molar-refractivity contribution in [1.29, 1.82) is 0 Å². The fourth-order valence-corrected chi connectivity index (χ4v) is 5.40. The van der Waals surface area contributed by atoms with Crippen LogP contribution in [0.5, 0.6) is 11.5 Å². The average Bonchev–Trinajstić information content (AvgIpc) is 3.06. The number of aryl methyl sites for hydroxylation is 1. The first-order valence-corrected chi connectivity index (χ1v) is 16.1. The van der Waals surface area contributed by atoms with Gasteiger partial charge in [0, 0.05) is 17.2 Å². The molecule has 0 unspecified atom stereocenters. The molecule has 0 N–H and O–H groups in total. The normalized spacial score (nSPS) is 11.5. The molecule has 0 aliphatic heterocycles. The number of ether oxygens (including phenoxy) is 2. The van der Waals surface area contributed by atoms with Crippen LogP contribution in [0.25, 0.3) is 33.4 Å². The summed E-state index contributed by atoms with van der Waals surface area (Å²) in [6, 6.07) is 22.3. The molecule has 5 aromatic rings. The lowest BCUT2D eigenvalue weighted by atomic mass is 9.96. The van der Waals surface area contributed by atoms with Gasteiger partial charge in [0.15, 0.2) is 11.6 Å². The largest absolute Gasteiger partial charge is 0.491 e. The Bertz CT molecular complexity index is 1850. The highest BCUT2D eigenvalue weighted by Crippen LogP contribution is 2.37. The smallest absolute Gasteiger partial charge is 0.429 e. The van der Waals surface area contributed by atoms with E-state index in [4.69, 9.17) is 4.74 Å². The molecule has 5 aromatic carbocycles. The summed E-state index contributed by atoms with van der Waals surface area (Å²) in [5.74, 6) is -4.21. The zero-order valence-electron chi connectivity index (χ0n) is 26.8. The molecule has 0 bridgehead atoms. The molecule has 0 fully saturated rings. The number of alkyl halides is 2. The Kier molecular flexibility index (Phi) is 11.1. The first-order chi connectivity index (χ1) is 23.1. The molecule has 250 valence electrons. The first-order valence-electron chi connectivity index (χ1n) is 16.1. The van der Waals surface area contributed by atoms with Crippen LogP contribution in [0.3, 0.4) is 0 Å². The predicted octanol–water partition coefficient (Wildman–Crippen LogP) is 12.3. The molecule has 0 atom stereocenters. The molecule has 0 saturated carbocycles. The van der Waals surface area contributed by atoms with E-state index in [1.54, 1.807) is 12.1 Å². The molecule has 8 heteroatoms. The summed E-state index contributed by atoms with van der Waals surface area (Å²) in [5.41, 5.74) is 2.02. The average molecular weight is 663 g/mol. The third kappa shape index (κ3) is 8.22. The van der Waals surface area contributed by atoms with E-state index in [9.17, 15) is 13.2 Å². The second-order valence-corrected chi connectivity index (χ2v) is 11.7. The number of hydrogen-bond acceptors (Lipinski definition) is 2. The van der Waals surface area contributed by atoms with Crippen LogP contribution in [0.2, 0.25) is 0 Å². The Labute approximate surface area is 277 Å². The van der Waals surface area contributed by atoms with Gasteiger partial charge in [-0.05, 0) is 83.5 Å². The second-order valence-electron chi connectivity index (χ2n) is 11.7. The number of rotatable bonds is 14. The van der Waals surface area contributed by atoms with E-state index in [1.807, 2.05) is 31.2 Å². The van der Waals surface area contributed by atoms with Crippen molar-refractivity contribution in [3.05, 3.63) is 131 Å². The van der Waals surface area contributed by atoms with E-state index in [1.165, 1.54) is 30.2 Å². The van der Waals surface area contributed by atoms with Gasteiger partial charge < -0.3 is 9.47 Å². The standard InChI is InChI=1S/C40H36F6O2/c1-3-5-7-8-26-9-11-27(12-10-26)28-13-17-32(35(41)22-28)29-14-18-33(36(42)23-29)30-15-19-34(37(43)24-30)40(45,46)48-31-16-20-39(38(44)25-31)47-21-6-4-2/h9-20,22-25H,3-8,21H2,1-2H3. The van der Waals surface area contributed by atoms with E-state index >= 15 is 13.2 Å². The van der Waals surface area contributed by atoms with Crippen LogP contribution in [-0.4, -0.2) is 6.61 Å². The summed E-state index contributed by atoms with van der Waals surface area (Å²) in [6.07, 6.45) is 1.80. The highest BCUT2D eigenvalue weighted by atomic mass is 19.3. The number of unbranched alkanes of at least 4 members (excludes halogenated alkanes) is 3. The zero-order valence-corrected chi connectivity index (χ0v) is 26.8. The van der Waals surface area contributed by atoms with Crippen LogP contribution in [0, 0.1) is 23.3 Å². The van der Waals surface area contributed by atoms with E-state index in [0.29, 0.717) is 12.0 Å². The quantitative estimate of drug-likeness (QED) is 0.0870. The fourth-order valence-electron chi connectivity index (χ4n) is 5.40. The Morgan fingerprint density at radius 2 is 1.12 bits per heavy atom. The molecular formula is C40H36F6O2. The zero-order chi connectivity index (χ0) is 34.3. The Hall–Kier alpha value is -4.72. The summed E-state index contributed by atoms with van der Waals surface area (Å²) in [5, 5.41) is 0. The lowest BCUT2D eigenvalue weighted by Crippen LogP contribution is -2.23. The lowest BCUT2D eigenvalue weighted by molar-refractivity contribution is -0.187. The second kappa shape index (κ2) is 15.5. The maximum absolute atomic E-state index is 15.3. The minimum atomic E-state index is -4.16. The van der Waals surface area contributed by atoms with Gasteiger partial charge in [0.05, 0.1) is 12.2 Å². The Morgan fingerprint density at radius 3 is 1.73 bits per heavy atom. The maximum atomic E-state index is 15.3. The van der Waals surface area contributed by atoms with Crippen molar-refractivity contribution in [2.24, 2.45) is 0 Å². The van der Waals surface area contributed by atoms with E-state index in [0.717, 1.165) is 73.7 Å². The maximum Gasteiger partial charge on any atom is 0.429 e. The highest BCUT2D eigenvalue weighted by Gasteiger charge is 2.38. The number of halogens is 6. The van der Waals surface area contributed by atoms with Gasteiger partial charge in [-0.2, -0.15) is 8.78 Å². The monoisotopic (exact) mass is 662 g/mol. The van der Waals surface area contributed by atoms with Crippen molar-refractivity contribution < 1.29 is 35.8 Å². The van der Waals surface area contributed by atoms with Gasteiger partial charge in [0.25, 0.3) is 0 Å². The van der Waals surface area contributed by atoms with Crippen molar-refractivity contribution in [3.63, 3.8) is 0 Å². The van der Waals surface area contributed by atoms with E-state index < -0.39 is 40.7 Å². The SMILES string of the molecule is CCCCCc1ccc(-c2ccc(-c3ccc(-c4ccc(C(F)(F)Oc5ccc(OCCCC)c(F)c5)c(F)c4)c(F)c3)c(F)c2)cc1. The number of benzene rings is 5. The van der Waals surface area contributed by atoms with Crippen molar-refractivity contribution in [2.75, 3.05) is 6.61 Å². The highest BCUT2D eigenvalue weighted by molar-refractivity contribution is 5.74. The fraction of sp³-hybridized carbons (Fsp3) is 0.250. The van der Waals surface area contributed by atoms with Crippen LogP contribution < -0.4 is 9.47 Å². The summed E-state index contributed by atoms with van der Waals surface area (Å²) >= 11 is 0. The molecular weight excluding hydrogens is 626 g/mol. The molecule has 2 nitrogen and oxygen atoms in total. The summed E-state index contributed by atoms with van der Waals surface area (Å²) < 4.78 is 99.8. The molecule has 0 aliphatic rings. The van der Waals surface area contributed by atoms with Crippen molar-refractivity contribution in [1.82, 2.24) is 0 Å². The first kappa shape index (κ1) is 34.6. The third-order valence-corrected chi connectivity index (χ3v) is 8.10. The predicted molar refractivity (Wildman–Crippen MR) is 177 cm³/mol. The van der Waals surface area contributed by atoms with E-state index in [-0.39, 0.29) is 34.6 Å². The molecule has 0 radical (unpaired) electrons. The van der Waals surface area contributed by atoms with Crippen LogP contribution in [0.15, 0.2) is 97.1 Å². The van der Waals surface area contributed by atoms with Crippen LogP contribution in [0.1, 0.15) is 57.1 Å². The molecule has 0 aromatic heterocycles. The molecule has 0 amide bonds. The minimum absolute atomic E-state index is 0.00955. The molecule has 0 heterocycles. The number of hydrogen-bond donors (Lipinski definition) is 0. The van der Waals surface area contributed by atoms with Crippen molar-refractivity contribution in [2.45, 2.75) is 58.5 Å². The molecule has 0 spiro atoms. The van der Waals surface area contributed by atoms with Gasteiger partial charge in [-0.25, -0.2) is 17.6 Å². The summed E-state index contributed by atoms with van der Waals surface area (Å²) in [7, 11) is 0. The summed E-state index contributed by atoms with van der Waals surface area (Å²) in [4.78, 5) is 0.